The Morgan fingerprint density at radius 3 is 2.48 bits per heavy atom. The van der Waals surface area contributed by atoms with Crippen LogP contribution in [0.1, 0.15) is 17.4 Å². The van der Waals surface area contributed by atoms with Crippen LogP contribution in [0.2, 0.25) is 0 Å². The van der Waals surface area contributed by atoms with Gasteiger partial charge in [-0.05, 0) is 37.7 Å². The van der Waals surface area contributed by atoms with E-state index in [1.165, 1.54) is 4.31 Å². The Morgan fingerprint density at radius 1 is 1.09 bits per heavy atom. The molecule has 3 aromatic rings. The lowest BCUT2D eigenvalue weighted by molar-refractivity contribution is 0.0799. The average Bonchev–Trinajstić information content (AvgIpc) is 2.82. The molecule has 1 aliphatic heterocycles. The maximum atomic E-state index is 13.5. The molecule has 1 fully saturated rings. The first-order chi connectivity index (χ1) is 15.7. The van der Waals surface area contributed by atoms with Crippen molar-refractivity contribution >= 4 is 32.8 Å². The number of nitrogens with two attached hydrogens (primary N) is 1. The monoisotopic (exact) mass is 468 g/mol. The number of fused-ring (bicyclic) bond motifs is 1. The molecule has 1 aliphatic rings. The third-order valence-electron chi connectivity index (χ3n) is 6.01. The van der Waals surface area contributed by atoms with Gasteiger partial charge in [-0.15, -0.1) is 0 Å². The van der Waals surface area contributed by atoms with Gasteiger partial charge in [-0.25, -0.2) is 18.4 Å². The smallest absolute Gasteiger partial charge is 0.273 e. The Labute approximate surface area is 193 Å². The lowest BCUT2D eigenvalue weighted by atomic mass is 10.0. The molecule has 1 amide bonds. The minimum atomic E-state index is -3.69. The number of nitrogens with zero attached hydrogens (tertiary/aromatic N) is 5. The van der Waals surface area contributed by atoms with Crippen molar-refractivity contribution in [2.75, 3.05) is 52.6 Å². The standard InChI is InChI=1S/C23H28N6O3S/c1-4-28(3)22(30)21-18-15-16(9-10-19(18)25-23(24)26-21)17-7-5-6-8-20(17)33(31,32)29-13-11-27(2)12-14-29/h5-10,15H,4,11-14H2,1-3H3,(H2,24,25,26). The van der Waals surface area contributed by atoms with Crippen LogP contribution < -0.4 is 5.73 Å². The number of nitrogen functional groups attached to an aromatic ring is 1. The molecule has 0 aliphatic carbocycles. The highest BCUT2D eigenvalue weighted by atomic mass is 32.2. The van der Waals surface area contributed by atoms with Crippen LogP contribution >= 0.6 is 0 Å². The van der Waals surface area contributed by atoms with Gasteiger partial charge in [-0.3, -0.25) is 4.79 Å². The summed E-state index contributed by atoms with van der Waals surface area (Å²) >= 11 is 0. The maximum absolute atomic E-state index is 13.5. The van der Waals surface area contributed by atoms with Crippen molar-refractivity contribution in [2.24, 2.45) is 0 Å². The Hall–Kier alpha value is -3.08. The van der Waals surface area contributed by atoms with Crippen LogP contribution in [-0.4, -0.2) is 85.2 Å². The average molecular weight is 469 g/mol. The summed E-state index contributed by atoms with van der Waals surface area (Å²) in [5.74, 6) is -0.256. The van der Waals surface area contributed by atoms with Gasteiger partial charge in [-0.1, -0.05) is 24.3 Å². The van der Waals surface area contributed by atoms with E-state index in [9.17, 15) is 13.2 Å². The Balaban J connectivity index is 1.84. The highest BCUT2D eigenvalue weighted by molar-refractivity contribution is 7.89. The molecule has 9 nitrogen and oxygen atoms in total. The number of anilines is 1. The highest BCUT2D eigenvalue weighted by Gasteiger charge is 2.29. The second kappa shape index (κ2) is 9.05. The Kier molecular flexibility index (Phi) is 6.33. The van der Waals surface area contributed by atoms with E-state index in [0.29, 0.717) is 54.8 Å². The number of carbonyl (C=O) groups is 1. The molecule has 33 heavy (non-hydrogen) atoms. The number of sulfonamides is 1. The van der Waals surface area contributed by atoms with Gasteiger partial charge in [0.15, 0.2) is 0 Å². The molecular formula is C23H28N6O3S. The molecule has 1 aromatic heterocycles. The van der Waals surface area contributed by atoms with Gasteiger partial charge in [0.05, 0.1) is 10.4 Å². The second-order valence-electron chi connectivity index (χ2n) is 8.19. The molecular weight excluding hydrogens is 440 g/mol. The first kappa shape index (κ1) is 23.1. The first-order valence-corrected chi connectivity index (χ1v) is 12.3. The third kappa shape index (κ3) is 4.41. The quantitative estimate of drug-likeness (QED) is 0.609. The number of rotatable bonds is 5. The van der Waals surface area contributed by atoms with Gasteiger partial charge in [0.1, 0.15) is 5.69 Å². The van der Waals surface area contributed by atoms with Crippen LogP contribution in [0.4, 0.5) is 5.95 Å². The Morgan fingerprint density at radius 2 is 1.79 bits per heavy atom. The number of aromatic nitrogens is 2. The Bertz CT molecular complexity index is 1300. The number of carbonyl (C=O) groups excluding carboxylic acids is 1. The summed E-state index contributed by atoms with van der Waals surface area (Å²) in [4.78, 5) is 25.3. The fourth-order valence-corrected chi connectivity index (χ4v) is 5.54. The van der Waals surface area contributed by atoms with Gasteiger partial charge >= 0.3 is 0 Å². The predicted molar refractivity (Wildman–Crippen MR) is 128 cm³/mol. The fourth-order valence-electron chi connectivity index (χ4n) is 3.90. The van der Waals surface area contributed by atoms with Crippen molar-refractivity contribution in [1.82, 2.24) is 24.1 Å². The van der Waals surface area contributed by atoms with Gasteiger partial charge < -0.3 is 15.5 Å². The molecule has 0 radical (unpaired) electrons. The summed E-state index contributed by atoms with van der Waals surface area (Å²) in [7, 11) is -0.0163. The van der Waals surface area contributed by atoms with E-state index in [0.717, 1.165) is 0 Å². The summed E-state index contributed by atoms with van der Waals surface area (Å²) in [6.07, 6.45) is 0. The number of piperazine rings is 1. The SMILES string of the molecule is CCN(C)C(=O)c1nc(N)nc2ccc(-c3ccccc3S(=O)(=O)N3CCN(C)CC3)cc12. The van der Waals surface area contributed by atoms with Crippen molar-refractivity contribution in [3.8, 4) is 11.1 Å². The lowest BCUT2D eigenvalue weighted by Crippen LogP contribution is -2.47. The van der Waals surface area contributed by atoms with E-state index >= 15 is 0 Å². The molecule has 0 saturated carbocycles. The fraction of sp³-hybridized carbons (Fsp3) is 0.348. The normalized spacial score (nSPS) is 15.6. The zero-order valence-electron chi connectivity index (χ0n) is 19.0. The number of hydrogen-bond donors (Lipinski definition) is 1. The van der Waals surface area contributed by atoms with Crippen LogP contribution in [0.15, 0.2) is 47.4 Å². The van der Waals surface area contributed by atoms with E-state index in [2.05, 4.69) is 14.9 Å². The summed E-state index contributed by atoms with van der Waals surface area (Å²) < 4.78 is 28.5. The molecule has 0 bridgehead atoms. The molecule has 0 unspecified atom stereocenters. The zero-order chi connectivity index (χ0) is 23.8. The first-order valence-electron chi connectivity index (χ1n) is 10.8. The van der Waals surface area contributed by atoms with Gasteiger partial charge in [0.25, 0.3) is 5.91 Å². The molecule has 1 saturated heterocycles. The molecule has 2 heterocycles. The summed E-state index contributed by atoms with van der Waals surface area (Å²) in [6.45, 7) is 4.64. The minimum absolute atomic E-state index is 0.0150. The van der Waals surface area contributed by atoms with E-state index in [1.54, 1.807) is 54.4 Å². The van der Waals surface area contributed by atoms with E-state index in [1.807, 2.05) is 14.0 Å². The van der Waals surface area contributed by atoms with Crippen LogP contribution in [0.25, 0.3) is 22.0 Å². The highest BCUT2D eigenvalue weighted by Crippen LogP contribution is 2.32. The number of hydrogen-bond acceptors (Lipinski definition) is 7. The van der Waals surface area contributed by atoms with E-state index < -0.39 is 10.0 Å². The van der Waals surface area contributed by atoms with Crippen molar-refractivity contribution in [3.05, 3.63) is 48.2 Å². The van der Waals surface area contributed by atoms with E-state index in [4.69, 9.17) is 5.73 Å². The van der Waals surface area contributed by atoms with Gasteiger partial charge in [-0.2, -0.15) is 4.31 Å². The topological polar surface area (TPSA) is 113 Å². The largest absolute Gasteiger partial charge is 0.368 e. The second-order valence-corrected chi connectivity index (χ2v) is 10.1. The molecule has 4 rings (SSSR count). The number of amides is 1. The molecule has 10 heteroatoms. The van der Waals surface area contributed by atoms with Crippen LogP contribution in [0, 0.1) is 0 Å². The molecule has 0 atom stereocenters. The van der Waals surface area contributed by atoms with Crippen molar-refractivity contribution in [1.29, 1.82) is 0 Å². The van der Waals surface area contributed by atoms with Gasteiger partial charge in [0.2, 0.25) is 16.0 Å². The molecule has 174 valence electrons. The maximum Gasteiger partial charge on any atom is 0.273 e. The van der Waals surface area contributed by atoms with E-state index in [-0.39, 0.29) is 22.4 Å². The molecule has 0 spiro atoms. The molecule has 2 aromatic carbocycles. The van der Waals surface area contributed by atoms with Crippen molar-refractivity contribution in [3.63, 3.8) is 0 Å². The predicted octanol–water partition coefficient (Wildman–Crippen LogP) is 1.91. The van der Waals surface area contributed by atoms with Gasteiger partial charge in [0, 0.05) is 50.7 Å². The summed E-state index contributed by atoms with van der Waals surface area (Å²) in [5.41, 5.74) is 7.80. The summed E-state index contributed by atoms with van der Waals surface area (Å²) in [5, 5.41) is 0.527. The minimum Gasteiger partial charge on any atom is -0.368 e. The van der Waals surface area contributed by atoms with Crippen LogP contribution in [-0.2, 0) is 10.0 Å². The number of benzene rings is 2. The lowest BCUT2D eigenvalue weighted by Gasteiger charge is -2.32. The van der Waals surface area contributed by atoms with Crippen molar-refractivity contribution < 1.29 is 13.2 Å². The molecule has 2 N–H and O–H groups in total. The number of likely N-dealkylation sites (N-methyl/N-ethyl adjacent to an activating group) is 1. The zero-order valence-corrected chi connectivity index (χ0v) is 19.8. The van der Waals surface area contributed by atoms with Crippen molar-refractivity contribution in [2.45, 2.75) is 11.8 Å². The van der Waals surface area contributed by atoms with Crippen LogP contribution in [0.3, 0.4) is 0 Å². The van der Waals surface area contributed by atoms with Crippen LogP contribution in [0.5, 0.6) is 0 Å². The third-order valence-corrected chi connectivity index (χ3v) is 7.97. The summed E-state index contributed by atoms with van der Waals surface area (Å²) in [6, 6.07) is 12.2.